The second kappa shape index (κ2) is 3.69. The molecule has 0 spiro atoms. The van der Waals surface area contributed by atoms with Crippen molar-refractivity contribution >= 4 is 11.8 Å². The molecule has 5 nitrogen and oxygen atoms in total. The summed E-state index contributed by atoms with van der Waals surface area (Å²) in [5.74, 6) is 0.0497. The Morgan fingerprint density at radius 3 is 2.93 bits per heavy atom. The number of anilines is 1. The van der Waals surface area contributed by atoms with Crippen LogP contribution < -0.4 is 5.32 Å². The zero-order valence-electron chi connectivity index (χ0n) is 7.18. The highest BCUT2D eigenvalue weighted by Crippen LogP contribution is 2.06. The zero-order valence-corrected chi connectivity index (χ0v) is 7.18. The molecule has 2 aromatic rings. The second-order valence-corrected chi connectivity index (χ2v) is 2.57. The van der Waals surface area contributed by atoms with Crippen LogP contribution >= 0.6 is 0 Å². The van der Waals surface area contributed by atoms with Crippen molar-refractivity contribution in [1.29, 1.82) is 0 Å². The molecule has 0 radical (unpaired) electrons. The summed E-state index contributed by atoms with van der Waals surface area (Å²) in [7, 11) is 0. The van der Waals surface area contributed by atoms with Gasteiger partial charge in [-0.1, -0.05) is 5.16 Å². The van der Waals surface area contributed by atoms with Gasteiger partial charge < -0.3 is 4.52 Å². The molecule has 5 heteroatoms. The lowest BCUT2D eigenvalue weighted by molar-refractivity contribution is 0.102. The predicted octanol–water partition coefficient (Wildman–Crippen LogP) is 1.32. The molecule has 1 N–H and O–H groups in total. The number of aromatic nitrogens is 2. The molecular formula is C9H7N3O2. The average molecular weight is 189 g/mol. The summed E-state index contributed by atoms with van der Waals surface area (Å²) in [6.45, 7) is 0. The maximum Gasteiger partial charge on any atom is 0.259 e. The van der Waals surface area contributed by atoms with Gasteiger partial charge in [0.2, 0.25) is 5.88 Å². The molecule has 0 bridgehead atoms. The molecule has 0 aliphatic carbocycles. The summed E-state index contributed by atoms with van der Waals surface area (Å²) < 4.78 is 4.72. The predicted molar refractivity (Wildman–Crippen MR) is 48.7 cm³/mol. The molecule has 0 saturated carbocycles. The fourth-order valence-corrected chi connectivity index (χ4v) is 0.961. The third-order valence-corrected chi connectivity index (χ3v) is 1.60. The number of nitrogens with one attached hydrogen (secondary N) is 1. The van der Waals surface area contributed by atoms with Gasteiger partial charge in [-0.3, -0.25) is 15.1 Å². The van der Waals surface area contributed by atoms with E-state index in [0.717, 1.165) is 0 Å². The lowest BCUT2D eigenvalue weighted by atomic mass is 10.3. The van der Waals surface area contributed by atoms with Gasteiger partial charge in [0.25, 0.3) is 5.91 Å². The minimum absolute atomic E-state index is 0.269. The van der Waals surface area contributed by atoms with Crippen molar-refractivity contribution in [3.8, 4) is 0 Å². The van der Waals surface area contributed by atoms with E-state index in [4.69, 9.17) is 4.52 Å². The Kier molecular flexibility index (Phi) is 2.22. The van der Waals surface area contributed by atoms with Crippen LogP contribution in [0.4, 0.5) is 5.88 Å². The van der Waals surface area contributed by atoms with Gasteiger partial charge in [-0.05, 0) is 12.1 Å². The minimum atomic E-state index is -0.269. The summed E-state index contributed by atoms with van der Waals surface area (Å²) in [5, 5.41) is 5.99. The van der Waals surface area contributed by atoms with Crippen LogP contribution in [0.5, 0.6) is 0 Å². The Hall–Kier alpha value is -2.17. The first-order valence-electron chi connectivity index (χ1n) is 3.98. The number of amides is 1. The molecule has 0 atom stereocenters. The largest absolute Gasteiger partial charge is 0.338 e. The van der Waals surface area contributed by atoms with Crippen molar-refractivity contribution in [3.63, 3.8) is 0 Å². The number of hydrogen-bond acceptors (Lipinski definition) is 4. The Morgan fingerprint density at radius 2 is 2.29 bits per heavy atom. The molecule has 2 heterocycles. The molecule has 0 unspecified atom stereocenters. The van der Waals surface area contributed by atoms with Crippen molar-refractivity contribution in [2.24, 2.45) is 0 Å². The topological polar surface area (TPSA) is 68.0 Å². The molecule has 70 valence electrons. The van der Waals surface area contributed by atoms with E-state index in [1.54, 1.807) is 24.4 Å². The smallest absolute Gasteiger partial charge is 0.259 e. The van der Waals surface area contributed by atoms with Crippen molar-refractivity contribution in [2.45, 2.75) is 0 Å². The van der Waals surface area contributed by atoms with Crippen LogP contribution in [0.25, 0.3) is 0 Å². The fourth-order valence-electron chi connectivity index (χ4n) is 0.961. The van der Waals surface area contributed by atoms with E-state index in [2.05, 4.69) is 15.5 Å². The van der Waals surface area contributed by atoms with Crippen LogP contribution in [0.3, 0.4) is 0 Å². The number of carbonyl (C=O) groups excluding carboxylic acids is 1. The lowest BCUT2D eigenvalue weighted by Crippen LogP contribution is -2.11. The third-order valence-electron chi connectivity index (χ3n) is 1.60. The number of carbonyl (C=O) groups is 1. The van der Waals surface area contributed by atoms with Crippen molar-refractivity contribution in [1.82, 2.24) is 10.1 Å². The first-order chi connectivity index (χ1) is 6.86. The minimum Gasteiger partial charge on any atom is -0.338 e. The van der Waals surface area contributed by atoms with E-state index in [0.29, 0.717) is 11.4 Å². The normalized spacial score (nSPS) is 9.71. The number of hydrogen-bond donors (Lipinski definition) is 1. The Labute approximate surface area is 79.7 Å². The molecule has 0 aliphatic rings. The van der Waals surface area contributed by atoms with Crippen molar-refractivity contribution < 1.29 is 9.32 Å². The van der Waals surface area contributed by atoms with Crippen LogP contribution in [0, 0.1) is 0 Å². The standard InChI is InChI=1S/C9H7N3O2/c13-9(7-2-1-4-10-6-7)12-8-3-5-11-14-8/h1-6H,(H,12,13). The quantitative estimate of drug-likeness (QED) is 0.773. The van der Waals surface area contributed by atoms with Crippen LogP contribution in [-0.4, -0.2) is 16.0 Å². The summed E-state index contributed by atoms with van der Waals surface area (Å²) in [5.41, 5.74) is 0.476. The number of rotatable bonds is 2. The summed E-state index contributed by atoms with van der Waals surface area (Å²) >= 11 is 0. The van der Waals surface area contributed by atoms with E-state index in [-0.39, 0.29) is 5.91 Å². The SMILES string of the molecule is O=C(Nc1ccno1)c1cccnc1. The van der Waals surface area contributed by atoms with E-state index in [1.807, 2.05) is 0 Å². The van der Waals surface area contributed by atoms with Gasteiger partial charge in [0.15, 0.2) is 0 Å². The Morgan fingerprint density at radius 1 is 1.36 bits per heavy atom. The van der Waals surface area contributed by atoms with E-state index in [1.165, 1.54) is 12.4 Å². The van der Waals surface area contributed by atoms with Gasteiger partial charge >= 0.3 is 0 Å². The highest BCUT2D eigenvalue weighted by molar-refractivity contribution is 6.03. The Balaban J connectivity index is 2.11. The van der Waals surface area contributed by atoms with E-state index >= 15 is 0 Å². The number of pyridine rings is 1. The maximum absolute atomic E-state index is 11.5. The molecule has 0 fully saturated rings. The van der Waals surface area contributed by atoms with Gasteiger partial charge in [-0.2, -0.15) is 0 Å². The highest BCUT2D eigenvalue weighted by Gasteiger charge is 2.06. The van der Waals surface area contributed by atoms with E-state index in [9.17, 15) is 4.79 Å². The highest BCUT2D eigenvalue weighted by atomic mass is 16.5. The van der Waals surface area contributed by atoms with Gasteiger partial charge in [-0.25, -0.2) is 0 Å². The molecule has 2 rings (SSSR count). The van der Waals surface area contributed by atoms with Gasteiger partial charge in [-0.15, -0.1) is 0 Å². The number of nitrogens with zero attached hydrogens (tertiary/aromatic N) is 2. The van der Waals surface area contributed by atoms with Gasteiger partial charge in [0.1, 0.15) is 0 Å². The van der Waals surface area contributed by atoms with Gasteiger partial charge in [0, 0.05) is 18.5 Å². The van der Waals surface area contributed by atoms with E-state index < -0.39 is 0 Å². The molecule has 14 heavy (non-hydrogen) atoms. The first-order valence-corrected chi connectivity index (χ1v) is 3.98. The van der Waals surface area contributed by atoms with Gasteiger partial charge in [0.05, 0.1) is 11.8 Å². The molecule has 0 aromatic carbocycles. The molecule has 1 amide bonds. The monoisotopic (exact) mass is 189 g/mol. The summed E-state index contributed by atoms with van der Waals surface area (Å²) in [6.07, 6.45) is 4.54. The zero-order chi connectivity index (χ0) is 9.80. The molecule has 2 aromatic heterocycles. The fraction of sp³-hybridized carbons (Fsp3) is 0. The summed E-state index contributed by atoms with van der Waals surface area (Å²) in [6, 6.07) is 4.92. The van der Waals surface area contributed by atoms with Crippen LogP contribution in [0.2, 0.25) is 0 Å². The maximum atomic E-state index is 11.5. The van der Waals surface area contributed by atoms with Crippen molar-refractivity contribution in [3.05, 3.63) is 42.4 Å². The van der Waals surface area contributed by atoms with Crippen LogP contribution in [0.1, 0.15) is 10.4 Å². The molecule has 0 saturated heterocycles. The molecule has 0 aliphatic heterocycles. The lowest BCUT2D eigenvalue weighted by Gasteiger charge is -1.98. The van der Waals surface area contributed by atoms with Crippen LogP contribution in [-0.2, 0) is 0 Å². The molecular weight excluding hydrogens is 182 g/mol. The second-order valence-electron chi connectivity index (χ2n) is 2.57. The Bertz CT molecular complexity index is 411. The first kappa shape index (κ1) is 8.43. The average Bonchev–Trinajstić information content (AvgIpc) is 2.72. The summed E-state index contributed by atoms with van der Waals surface area (Å²) in [4.78, 5) is 15.3. The van der Waals surface area contributed by atoms with Crippen LogP contribution in [0.15, 0.2) is 41.3 Å². The third kappa shape index (κ3) is 1.77. The van der Waals surface area contributed by atoms with Crippen molar-refractivity contribution in [2.75, 3.05) is 5.32 Å².